The molecule has 9 nitrogen and oxygen atoms in total. The number of fused-ring (bicyclic) bond motifs is 1. The van der Waals surface area contributed by atoms with Gasteiger partial charge in [0.1, 0.15) is 23.6 Å². The largest absolute Gasteiger partial charge is 0.353 e. The third kappa shape index (κ3) is 2.82. The molecule has 10 heteroatoms. The van der Waals surface area contributed by atoms with Crippen LogP contribution in [0.2, 0.25) is 0 Å². The monoisotopic (exact) mass is 404 g/mol. The standard InChI is InChI=1S/C18H24N6O3S/c1-22(10-13-8-14(25)9-13)28(26,27)24-7-6-23(11-18(24)3-4-18)17-15-2-5-19-16(15)20-12-21-17/h2,5,12-13H,3-4,6-11H2,1H3,(H,19,20,21). The molecule has 3 heterocycles. The Morgan fingerprint density at radius 1 is 1.29 bits per heavy atom. The molecule has 1 aliphatic heterocycles. The van der Waals surface area contributed by atoms with E-state index >= 15 is 0 Å². The molecule has 1 N–H and O–H groups in total. The molecule has 150 valence electrons. The summed E-state index contributed by atoms with van der Waals surface area (Å²) in [5, 5.41) is 0.960. The predicted molar refractivity (Wildman–Crippen MR) is 104 cm³/mol. The van der Waals surface area contributed by atoms with Gasteiger partial charge in [-0.1, -0.05) is 0 Å². The Labute approximate surface area is 163 Å². The Hall–Kier alpha value is -2.04. The lowest BCUT2D eigenvalue weighted by Gasteiger charge is -2.43. The van der Waals surface area contributed by atoms with Gasteiger partial charge in [-0.3, -0.25) is 4.79 Å². The van der Waals surface area contributed by atoms with Gasteiger partial charge < -0.3 is 9.88 Å². The van der Waals surface area contributed by atoms with E-state index in [0.29, 0.717) is 39.0 Å². The maximum atomic E-state index is 13.2. The average Bonchev–Trinajstić information content (AvgIpc) is 3.22. The number of H-pyrrole nitrogens is 1. The third-order valence-corrected chi connectivity index (χ3v) is 8.33. The Balaban J connectivity index is 1.35. The summed E-state index contributed by atoms with van der Waals surface area (Å²) >= 11 is 0. The number of nitrogens with one attached hydrogen (secondary N) is 1. The molecule has 28 heavy (non-hydrogen) atoms. The Morgan fingerprint density at radius 2 is 2.07 bits per heavy atom. The van der Waals surface area contributed by atoms with Crippen molar-refractivity contribution < 1.29 is 13.2 Å². The van der Waals surface area contributed by atoms with Crippen LogP contribution in [0.15, 0.2) is 18.6 Å². The van der Waals surface area contributed by atoms with Crippen LogP contribution in [-0.2, 0) is 15.0 Å². The number of anilines is 1. The number of carbonyl (C=O) groups excluding carboxylic acids is 1. The molecule has 0 amide bonds. The van der Waals surface area contributed by atoms with Crippen LogP contribution < -0.4 is 4.90 Å². The Morgan fingerprint density at radius 3 is 2.79 bits per heavy atom. The highest BCUT2D eigenvalue weighted by molar-refractivity contribution is 7.86. The minimum atomic E-state index is -3.54. The second-order valence-electron chi connectivity index (χ2n) is 8.26. The molecule has 0 bridgehead atoms. The summed E-state index contributed by atoms with van der Waals surface area (Å²) in [5.41, 5.74) is 0.439. The summed E-state index contributed by atoms with van der Waals surface area (Å²) < 4.78 is 29.6. The zero-order valence-electron chi connectivity index (χ0n) is 15.8. The lowest BCUT2D eigenvalue weighted by molar-refractivity contribution is -0.127. The molecule has 0 unspecified atom stereocenters. The fourth-order valence-electron chi connectivity index (χ4n) is 4.50. The number of carbonyl (C=O) groups is 1. The molecule has 3 aliphatic rings. The molecular weight excluding hydrogens is 380 g/mol. The van der Waals surface area contributed by atoms with Gasteiger partial charge in [0, 0.05) is 52.3 Å². The maximum Gasteiger partial charge on any atom is 0.282 e. The van der Waals surface area contributed by atoms with E-state index in [-0.39, 0.29) is 17.2 Å². The molecule has 2 aliphatic carbocycles. The van der Waals surface area contributed by atoms with E-state index < -0.39 is 10.2 Å². The summed E-state index contributed by atoms with van der Waals surface area (Å²) in [4.78, 5) is 25.2. The number of aromatic nitrogens is 3. The number of rotatable bonds is 5. The van der Waals surface area contributed by atoms with E-state index in [1.54, 1.807) is 17.7 Å². The SMILES string of the molecule is CN(CC1CC(=O)C1)S(=O)(=O)N1CCN(c2ncnc3[nH]ccc23)CC12CC2. The first kappa shape index (κ1) is 18.0. The Kier molecular flexibility index (Phi) is 4.01. The molecule has 0 atom stereocenters. The zero-order valence-corrected chi connectivity index (χ0v) is 16.7. The van der Waals surface area contributed by atoms with Crippen molar-refractivity contribution >= 4 is 32.8 Å². The molecular formula is C18H24N6O3S. The highest BCUT2D eigenvalue weighted by atomic mass is 32.2. The molecule has 3 fully saturated rings. The smallest absolute Gasteiger partial charge is 0.282 e. The van der Waals surface area contributed by atoms with Crippen molar-refractivity contribution in [2.75, 3.05) is 38.1 Å². The van der Waals surface area contributed by atoms with Gasteiger partial charge in [0.25, 0.3) is 10.2 Å². The van der Waals surface area contributed by atoms with Gasteiger partial charge >= 0.3 is 0 Å². The number of aromatic amines is 1. The normalized spacial score (nSPS) is 22.9. The van der Waals surface area contributed by atoms with E-state index in [1.807, 2.05) is 12.3 Å². The summed E-state index contributed by atoms with van der Waals surface area (Å²) in [7, 11) is -1.91. The first-order chi connectivity index (χ1) is 13.4. The number of Topliss-reactive ketones (excluding diaryl/α,β-unsaturated/α-hetero) is 1. The van der Waals surface area contributed by atoms with Gasteiger partial charge in [-0.25, -0.2) is 9.97 Å². The van der Waals surface area contributed by atoms with E-state index in [9.17, 15) is 13.2 Å². The fourth-order valence-corrected chi connectivity index (χ4v) is 6.28. The molecule has 2 saturated carbocycles. The van der Waals surface area contributed by atoms with Gasteiger partial charge in [0.15, 0.2) is 0 Å². The van der Waals surface area contributed by atoms with Crippen LogP contribution in [0, 0.1) is 5.92 Å². The van der Waals surface area contributed by atoms with Crippen LogP contribution in [0.4, 0.5) is 5.82 Å². The second-order valence-corrected chi connectivity index (χ2v) is 10.2. The van der Waals surface area contributed by atoms with Crippen molar-refractivity contribution in [3.05, 3.63) is 18.6 Å². The van der Waals surface area contributed by atoms with Crippen molar-refractivity contribution in [2.45, 2.75) is 31.2 Å². The molecule has 5 rings (SSSR count). The molecule has 2 aromatic heterocycles. The molecule has 1 spiro atoms. The van der Waals surface area contributed by atoms with Gasteiger partial charge in [-0.2, -0.15) is 17.0 Å². The topological polar surface area (TPSA) is 102 Å². The van der Waals surface area contributed by atoms with Crippen molar-refractivity contribution in [3.63, 3.8) is 0 Å². The van der Waals surface area contributed by atoms with Crippen LogP contribution in [-0.4, -0.2) is 76.5 Å². The minimum Gasteiger partial charge on any atom is -0.353 e. The number of hydrogen-bond donors (Lipinski definition) is 1. The van der Waals surface area contributed by atoms with Gasteiger partial charge in [0.05, 0.1) is 10.9 Å². The van der Waals surface area contributed by atoms with Crippen LogP contribution in [0.25, 0.3) is 11.0 Å². The molecule has 1 saturated heterocycles. The van der Waals surface area contributed by atoms with Crippen LogP contribution in [0.5, 0.6) is 0 Å². The predicted octanol–water partition coefficient (Wildman–Crippen LogP) is 0.768. The number of nitrogens with zero attached hydrogens (tertiary/aromatic N) is 5. The summed E-state index contributed by atoms with van der Waals surface area (Å²) in [6.07, 6.45) is 6.11. The minimum absolute atomic E-state index is 0.159. The molecule has 0 radical (unpaired) electrons. The van der Waals surface area contributed by atoms with E-state index in [0.717, 1.165) is 29.7 Å². The zero-order chi connectivity index (χ0) is 19.5. The van der Waals surface area contributed by atoms with E-state index in [2.05, 4.69) is 19.9 Å². The maximum absolute atomic E-state index is 13.2. The number of hydrogen-bond acceptors (Lipinski definition) is 6. The van der Waals surface area contributed by atoms with Crippen LogP contribution >= 0.6 is 0 Å². The average molecular weight is 404 g/mol. The van der Waals surface area contributed by atoms with Crippen molar-refractivity contribution in [3.8, 4) is 0 Å². The van der Waals surface area contributed by atoms with Crippen LogP contribution in [0.1, 0.15) is 25.7 Å². The number of piperazine rings is 1. The first-order valence-corrected chi connectivity index (χ1v) is 11.1. The lowest BCUT2D eigenvalue weighted by Crippen LogP contribution is -2.60. The summed E-state index contributed by atoms with van der Waals surface area (Å²) in [6, 6.07) is 1.96. The quantitative estimate of drug-likeness (QED) is 0.790. The van der Waals surface area contributed by atoms with Crippen LogP contribution in [0.3, 0.4) is 0 Å². The Bertz CT molecular complexity index is 1020. The molecule has 0 aromatic carbocycles. The second kappa shape index (κ2) is 6.23. The van der Waals surface area contributed by atoms with Crippen molar-refractivity contribution in [2.24, 2.45) is 5.92 Å². The summed E-state index contributed by atoms with van der Waals surface area (Å²) in [5.74, 6) is 1.24. The number of ketones is 1. The third-order valence-electron chi connectivity index (χ3n) is 6.27. The fraction of sp³-hybridized carbons (Fsp3) is 0.611. The van der Waals surface area contributed by atoms with Crippen molar-refractivity contribution in [1.29, 1.82) is 0 Å². The van der Waals surface area contributed by atoms with Gasteiger partial charge in [-0.05, 0) is 24.8 Å². The van der Waals surface area contributed by atoms with E-state index in [1.165, 1.54) is 4.31 Å². The van der Waals surface area contributed by atoms with Gasteiger partial charge in [-0.15, -0.1) is 0 Å². The van der Waals surface area contributed by atoms with E-state index in [4.69, 9.17) is 0 Å². The highest BCUT2D eigenvalue weighted by Gasteiger charge is 2.57. The van der Waals surface area contributed by atoms with Crippen molar-refractivity contribution in [1.82, 2.24) is 23.6 Å². The first-order valence-electron chi connectivity index (χ1n) is 9.68. The lowest BCUT2D eigenvalue weighted by atomic mass is 9.84. The highest BCUT2D eigenvalue weighted by Crippen LogP contribution is 2.47. The van der Waals surface area contributed by atoms with Gasteiger partial charge in [0.2, 0.25) is 0 Å². The molecule has 2 aromatic rings. The summed E-state index contributed by atoms with van der Waals surface area (Å²) in [6.45, 7) is 2.08.